The van der Waals surface area contributed by atoms with Crippen molar-refractivity contribution in [2.24, 2.45) is 10.9 Å². The predicted molar refractivity (Wildman–Crippen MR) is 98.6 cm³/mol. The van der Waals surface area contributed by atoms with Gasteiger partial charge in [-0.25, -0.2) is 0 Å². The number of hydrogen-bond acceptors (Lipinski definition) is 3. The van der Waals surface area contributed by atoms with Crippen LogP contribution in [0.5, 0.6) is 0 Å². The Hall–Kier alpha value is 0.1000. The molecular weight excluding hydrogens is 442 g/mol. The fourth-order valence-electron chi connectivity index (χ4n) is 2.94. The Kier molecular flexibility index (Phi) is 8.26. The maximum Gasteiger partial charge on any atom is 0.391 e. The van der Waals surface area contributed by atoms with Gasteiger partial charge < -0.3 is 15.7 Å². The SMILES string of the molecule is CN=C(NCC1(O)CCSC1)NC1CCC(C(F)(F)F)CC1.I. The number of thioether (sulfide) groups is 1. The van der Waals surface area contributed by atoms with Crippen LogP contribution in [0.3, 0.4) is 0 Å². The van der Waals surface area contributed by atoms with Crippen molar-refractivity contribution in [3.8, 4) is 0 Å². The van der Waals surface area contributed by atoms with Crippen LogP contribution in [0.15, 0.2) is 4.99 Å². The lowest BCUT2D eigenvalue weighted by Gasteiger charge is -2.31. The minimum Gasteiger partial charge on any atom is -0.387 e. The summed E-state index contributed by atoms with van der Waals surface area (Å²) >= 11 is 1.72. The number of nitrogens with zero attached hydrogens (tertiary/aromatic N) is 1. The van der Waals surface area contributed by atoms with Gasteiger partial charge in [0.15, 0.2) is 5.96 Å². The van der Waals surface area contributed by atoms with Crippen LogP contribution in [0.1, 0.15) is 32.1 Å². The van der Waals surface area contributed by atoms with Gasteiger partial charge in [0.2, 0.25) is 0 Å². The van der Waals surface area contributed by atoms with E-state index >= 15 is 0 Å². The van der Waals surface area contributed by atoms with Gasteiger partial charge in [-0.2, -0.15) is 24.9 Å². The molecule has 2 rings (SSSR count). The number of nitrogens with one attached hydrogen (secondary N) is 2. The Balaban J connectivity index is 0.00000264. The van der Waals surface area contributed by atoms with Crippen molar-refractivity contribution in [1.82, 2.24) is 10.6 Å². The van der Waals surface area contributed by atoms with Crippen molar-refractivity contribution in [2.75, 3.05) is 25.1 Å². The first-order valence-corrected chi connectivity index (χ1v) is 8.82. The highest BCUT2D eigenvalue weighted by Gasteiger charge is 2.41. The Labute approximate surface area is 156 Å². The van der Waals surface area contributed by atoms with Gasteiger partial charge in [0, 0.05) is 25.4 Å². The first-order valence-electron chi connectivity index (χ1n) is 7.66. The zero-order valence-corrected chi connectivity index (χ0v) is 16.3. The van der Waals surface area contributed by atoms with Crippen molar-refractivity contribution in [3.63, 3.8) is 0 Å². The molecule has 23 heavy (non-hydrogen) atoms. The molecular formula is C14H25F3IN3OS. The second-order valence-corrected chi connectivity index (χ2v) is 7.29. The van der Waals surface area contributed by atoms with Crippen molar-refractivity contribution in [3.05, 3.63) is 0 Å². The summed E-state index contributed by atoms with van der Waals surface area (Å²) in [6.45, 7) is 0.414. The molecule has 9 heteroatoms. The maximum absolute atomic E-state index is 12.6. The summed E-state index contributed by atoms with van der Waals surface area (Å²) in [5.41, 5.74) is -0.712. The fraction of sp³-hybridized carbons (Fsp3) is 0.929. The van der Waals surface area contributed by atoms with Gasteiger partial charge in [-0.05, 0) is 37.9 Å². The Bertz CT molecular complexity index is 395. The van der Waals surface area contributed by atoms with E-state index < -0.39 is 17.7 Å². The molecule has 1 atom stereocenters. The average Bonchev–Trinajstić information content (AvgIpc) is 2.90. The van der Waals surface area contributed by atoms with Crippen LogP contribution in [0.2, 0.25) is 0 Å². The lowest BCUT2D eigenvalue weighted by molar-refractivity contribution is -0.182. The highest BCUT2D eigenvalue weighted by Crippen LogP contribution is 2.37. The molecule has 1 saturated heterocycles. The molecule has 1 saturated carbocycles. The van der Waals surface area contributed by atoms with Crippen LogP contribution in [-0.2, 0) is 0 Å². The van der Waals surface area contributed by atoms with Gasteiger partial charge in [0.1, 0.15) is 0 Å². The van der Waals surface area contributed by atoms with E-state index in [-0.39, 0.29) is 42.9 Å². The average molecular weight is 467 g/mol. The Morgan fingerprint density at radius 2 is 1.96 bits per heavy atom. The van der Waals surface area contributed by atoms with Crippen LogP contribution in [0.4, 0.5) is 13.2 Å². The number of hydrogen-bond donors (Lipinski definition) is 3. The van der Waals surface area contributed by atoms with Crippen LogP contribution in [0, 0.1) is 5.92 Å². The molecule has 1 unspecified atom stereocenters. The summed E-state index contributed by atoms with van der Waals surface area (Å²) < 4.78 is 37.9. The van der Waals surface area contributed by atoms with Crippen LogP contribution in [0.25, 0.3) is 0 Å². The molecule has 136 valence electrons. The maximum atomic E-state index is 12.6. The lowest BCUT2D eigenvalue weighted by atomic mass is 9.85. The van der Waals surface area contributed by atoms with Gasteiger partial charge >= 0.3 is 6.18 Å². The second-order valence-electron chi connectivity index (χ2n) is 6.19. The number of rotatable bonds is 3. The first-order chi connectivity index (χ1) is 10.3. The molecule has 0 spiro atoms. The highest BCUT2D eigenvalue weighted by molar-refractivity contribution is 14.0. The Morgan fingerprint density at radius 1 is 1.30 bits per heavy atom. The third kappa shape index (κ3) is 6.49. The zero-order valence-electron chi connectivity index (χ0n) is 13.2. The molecule has 1 aliphatic heterocycles. The van der Waals surface area contributed by atoms with Gasteiger partial charge in [-0.15, -0.1) is 24.0 Å². The molecule has 0 aromatic heterocycles. The number of aliphatic imine (C=N–C) groups is 1. The Morgan fingerprint density at radius 3 is 2.43 bits per heavy atom. The quantitative estimate of drug-likeness (QED) is 0.340. The molecule has 0 radical (unpaired) electrons. The molecule has 1 heterocycles. The summed E-state index contributed by atoms with van der Waals surface area (Å²) in [6.07, 6.45) is -2.01. The lowest BCUT2D eigenvalue weighted by Crippen LogP contribution is -2.50. The minimum atomic E-state index is -4.08. The molecule has 2 aliphatic rings. The summed E-state index contributed by atoms with van der Waals surface area (Å²) in [5, 5.41) is 16.5. The molecule has 1 aliphatic carbocycles. The van der Waals surface area contributed by atoms with E-state index in [2.05, 4.69) is 15.6 Å². The molecule has 4 nitrogen and oxygen atoms in total. The highest BCUT2D eigenvalue weighted by atomic mass is 127. The second kappa shape index (κ2) is 8.98. The molecule has 0 aromatic rings. The molecule has 3 N–H and O–H groups in total. The summed E-state index contributed by atoms with van der Waals surface area (Å²) in [7, 11) is 1.63. The van der Waals surface area contributed by atoms with E-state index in [1.165, 1.54) is 0 Å². The zero-order chi connectivity index (χ0) is 16.2. The third-order valence-electron chi connectivity index (χ3n) is 4.42. The van der Waals surface area contributed by atoms with Crippen LogP contribution >= 0.6 is 35.7 Å². The number of guanidine groups is 1. The van der Waals surface area contributed by atoms with E-state index in [0.717, 1.165) is 12.2 Å². The van der Waals surface area contributed by atoms with Gasteiger partial charge in [-0.1, -0.05) is 0 Å². The summed E-state index contributed by atoms with van der Waals surface area (Å²) in [5.74, 6) is 1.04. The molecule has 2 fully saturated rings. The van der Waals surface area contributed by atoms with Crippen LogP contribution in [-0.4, -0.2) is 54.0 Å². The molecule has 0 aromatic carbocycles. The van der Waals surface area contributed by atoms with Gasteiger partial charge in [0.25, 0.3) is 0 Å². The monoisotopic (exact) mass is 467 g/mol. The normalized spacial score (nSPS) is 32.3. The van der Waals surface area contributed by atoms with Crippen molar-refractivity contribution in [1.29, 1.82) is 0 Å². The number of aliphatic hydroxyl groups is 1. The van der Waals surface area contributed by atoms with Crippen molar-refractivity contribution >= 4 is 41.7 Å². The van der Waals surface area contributed by atoms with E-state index in [4.69, 9.17) is 0 Å². The van der Waals surface area contributed by atoms with E-state index in [0.29, 0.717) is 31.1 Å². The van der Waals surface area contributed by atoms with Gasteiger partial charge in [0.05, 0.1) is 11.5 Å². The third-order valence-corrected chi connectivity index (χ3v) is 5.66. The minimum absolute atomic E-state index is 0. The number of alkyl halides is 3. The fourth-order valence-corrected chi connectivity index (χ4v) is 4.23. The van der Waals surface area contributed by atoms with E-state index in [1.54, 1.807) is 18.8 Å². The van der Waals surface area contributed by atoms with Crippen molar-refractivity contribution in [2.45, 2.75) is 49.9 Å². The summed E-state index contributed by atoms with van der Waals surface area (Å²) in [6, 6.07) is 0.0115. The molecule has 0 bridgehead atoms. The molecule has 0 amide bonds. The largest absolute Gasteiger partial charge is 0.391 e. The smallest absolute Gasteiger partial charge is 0.387 e. The van der Waals surface area contributed by atoms with Gasteiger partial charge in [-0.3, -0.25) is 4.99 Å². The standard InChI is InChI=1S/C14H24F3N3OS.HI/c1-18-12(19-8-13(21)6-7-22-9-13)20-11-4-2-10(3-5-11)14(15,16)17;/h10-11,21H,2-9H2,1H3,(H2,18,19,20);1H. The topological polar surface area (TPSA) is 56.7 Å². The first kappa shape index (κ1) is 21.1. The van der Waals surface area contributed by atoms with E-state index in [9.17, 15) is 18.3 Å². The summed E-state index contributed by atoms with van der Waals surface area (Å²) in [4.78, 5) is 4.10. The van der Waals surface area contributed by atoms with E-state index in [1.807, 2.05) is 0 Å². The number of halogens is 4. The predicted octanol–water partition coefficient (Wildman–Crippen LogP) is 2.76. The van der Waals surface area contributed by atoms with Crippen LogP contribution < -0.4 is 10.6 Å². The van der Waals surface area contributed by atoms with Crippen molar-refractivity contribution < 1.29 is 18.3 Å².